The van der Waals surface area contributed by atoms with E-state index in [1.165, 1.54) is 16.2 Å². The van der Waals surface area contributed by atoms with Gasteiger partial charge in [-0.1, -0.05) is 6.08 Å². The minimum atomic E-state index is -1.65. The molecule has 7 heteroatoms. The highest BCUT2D eigenvalue weighted by molar-refractivity contribution is 7.10. The first-order valence-electron chi connectivity index (χ1n) is 7.16. The predicted molar refractivity (Wildman–Crippen MR) is 86.2 cm³/mol. The molecule has 0 aliphatic carbocycles. The maximum Gasteiger partial charge on any atom is 0.372 e. The van der Waals surface area contributed by atoms with Gasteiger partial charge in [0.25, 0.3) is 0 Å². The van der Waals surface area contributed by atoms with Gasteiger partial charge >= 0.3 is 5.97 Å². The molecule has 1 unspecified atom stereocenters. The van der Waals surface area contributed by atoms with E-state index in [-0.39, 0.29) is 11.5 Å². The van der Waals surface area contributed by atoms with E-state index in [0.717, 1.165) is 5.56 Å². The molecule has 6 nitrogen and oxygen atoms in total. The Bertz CT molecular complexity index is 858. The lowest BCUT2D eigenvalue weighted by Gasteiger charge is -2.15. The van der Waals surface area contributed by atoms with Crippen LogP contribution in [0.5, 0.6) is 0 Å². The number of nitrogens with zero attached hydrogens (tertiary/aromatic N) is 1. The maximum absolute atomic E-state index is 12.7. The number of carboxylic acid groups (broad SMARTS) is 1. The molecule has 1 atom stereocenters. The van der Waals surface area contributed by atoms with E-state index in [9.17, 15) is 19.2 Å². The van der Waals surface area contributed by atoms with Crippen LogP contribution in [0.1, 0.15) is 22.8 Å². The van der Waals surface area contributed by atoms with Crippen LogP contribution in [-0.4, -0.2) is 33.4 Å². The smallest absolute Gasteiger partial charge is 0.372 e. The number of Topliss-reactive ketones (excluding diaryl/α,β-unsaturated/α-hetero) is 2. The SMILES string of the molecule is Cc1csc(C2C(=O)N3C=CC=CC3=C2C(=O)CC(=O)C(=O)O)c1. The summed E-state index contributed by atoms with van der Waals surface area (Å²) in [5, 5.41) is 10.6. The summed E-state index contributed by atoms with van der Waals surface area (Å²) < 4.78 is 0. The molecule has 0 aromatic carbocycles. The quantitative estimate of drug-likeness (QED) is 0.651. The molecule has 2 aliphatic heterocycles. The molecule has 122 valence electrons. The van der Waals surface area contributed by atoms with Crippen LogP contribution in [0.2, 0.25) is 0 Å². The van der Waals surface area contributed by atoms with Gasteiger partial charge in [0.05, 0.1) is 12.1 Å². The summed E-state index contributed by atoms with van der Waals surface area (Å²) in [7, 11) is 0. The molecule has 0 radical (unpaired) electrons. The van der Waals surface area contributed by atoms with E-state index in [1.54, 1.807) is 24.4 Å². The Morgan fingerprint density at radius 1 is 1.29 bits per heavy atom. The number of carbonyl (C=O) groups excluding carboxylic acids is 3. The first kappa shape index (κ1) is 16.1. The van der Waals surface area contributed by atoms with E-state index in [1.807, 2.05) is 18.4 Å². The molecule has 0 fully saturated rings. The third-order valence-corrected chi connectivity index (χ3v) is 4.92. The van der Waals surface area contributed by atoms with Gasteiger partial charge in [-0.3, -0.25) is 19.3 Å². The van der Waals surface area contributed by atoms with Crippen LogP contribution < -0.4 is 0 Å². The fourth-order valence-corrected chi connectivity index (χ4v) is 3.75. The first-order chi connectivity index (χ1) is 11.4. The normalized spacial score (nSPS) is 19.0. The topological polar surface area (TPSA) is 91.8 Å². The molecule has 0 saturated heterocycles. The van der Waals surface area contributed by atoms with E-state index in [4.69, 9.17) is 5.11 Å². The highest BCUT2D eigenvalue weighted by Crippen LogP contribution is 2.42. The zero-order valence-electron chi connectivity index (χ0n) is 12.7. The molecule has 0 bridgehead atoms. The zero-order chi connectivity index (χ0) is 17.4. The van der Waals surface area contributed by atoms with Crippen LogP contribution in [0.15, 0.2) is 47.1 Å². The number of allylic oxidation sites excluding steroid dienone is 3. The van der Waals surface area contributed by atoms with Crippen molar-refractivity contribution in [2.45, 2.75) is 19.3 Å². The fraction of sp³-hybridized carbons (Fsp3) is 0.176. The maximum atomic E-state index is 12.7. The van der Waals surface area contributed by atoms with Gasteiger partial charge < -0.3 is 5.11 Å². The number of ketones is 2. The number of aliphatic carboxylic acids is 1. The average molecular weight is 343 g/mol. The van der Waals surface area contributed by atoms with Gasteiger partial charge in [0.1, 0.15) is 5.92 Å². The number of fused-ring (bicyclic) bond motifs is 1. The molecule has 1 N–H and O–H groups in total. The van der Waals surface area contributed by atoms with Gasteiger partial charge in [-0.05, 0) is 36.1 Å². The van der Waals surface area contributed by atoms with Crippen LogP contribution in [0.25, 0.3) is 0 Å². The predicted octanol–water partition coefficient (Wildman–Crippen LogP) is 1.93. The highest BCUT2D eigenvalue weighted by Gasteiger charge is 2.43. The number of amides is 1. The van der Waals surface area contributed by atoms with Gasteiger partial charge in [0.2, 0.25) is 11.7 Å². The molecule has 0 saturated carbocycles. The zero-order valence-corrected chi connectivity index (χ0v) is 13.5. The second-order valence-electron chi connectivity index (χ2n) is 5.50. The van der Waals surface area contributed by atoms with Crippen molar-refractivity contribution in [2.75, 3.05) is 0 Å². The fourth-order valence-electron chi connectivity index (χ4n) is 2.75. The molecule has 0 spiro atoms. The lowest BCUT2D eigenvalue weighted by molar-refractivity contribution is -0.150. The van der Waals surface area contributed by atoms with Gasteiger partial charge in [0, 0.05) is 16.7 Å². The second-order valence-corrected chi connectivity index (χ2v) is 6.44. The van der Waals surface area contributed by atoms with Crippen LogP contribution in [0.3, 0.4) is 0 Å². The van der Waals surface area contributed by atoms with Crippen molar-refractivity contribution in [3.8, 4) is 0 Å². The molecule has 2 aliphatic rings. The monoisotopic (exact) mass is 343 g/mol. The first-order valence-corrected chi connectivity index (χ1v) is 8.04. The summed E-state index contributed by atoms with van der Waals surface area (Å²) >= 11 is 1.36. The van der Waals surface area contributed by atoms with Crippen molar-refractivity contribution in [3.05, 3.63) is 57.6 Å². The molecular formula is C17H13NO5S. The van der Waals surface area contributed by atoms with Crippen LogP contribution in [0, 0.1) is 6.92 Å². The minimum Gasteiger partial charge on any atom is -0.475 e. The summed E-state index contributed by atoms with van der Waals surface area (Å²) in [6, 6.07) is 1.83. The molecule has 1 aromatic rings. The molecule has 1 aromatic heterocycles. The van der Waals surface area contributed by atoms with Gasteiger partial charge in [-0.15, -0.1) is 11.3 Å². The number of aryl methyl sites for hydroxylation is 1. The van der Waals surface area contributed by atoms with E-state index >= 15 is 0 Å². The van der Waals surface area contributed by atoms with Gasteiger partial charge in [0.15, 0.2) is 5.78 Å². The highest BCUT2D eigenvalue weighted by atomic mass is 32.1. The van der Waals surface area contributed by atoms with E-state index in [2.05, 4.69) is 0 Å². The van der Waals surface area contributed by atoms with Crippen molar-refractivity contribution in [3.63, 3.8) is 0 Å². The molecular weight excluding hydrogens is 330 g/mol. The Morgan fingerprint density at radius 2 is 2.04 bits per heavy atom. The summed E-state index contributed by atoms with van der Waals surface area (Å²) in [6.45, 7) is 1.88. The molecule has 1 amide bonds. The number of carbonyl (C=O) groups is 4. The lowest BCUT2D eigenvalue weighted by atomic mass is 9.92. The molecule has 3 rings (SSSR count). The Labute approximate surface area is 141 Å². The standard InChI is InChI=1S/C17H13NO5S/c1-9-6-13(24-8-9)15-14(11(19)7-12(20)17(22)23)10-4-2-3-5-18(10)16(15)21/h2-6,8,15H,7H2,1H3,(H,22,23). The largest absolute Gasteiger partial charge is 0.475 e. The van der Waals surface area contributed by atoms with E-state index < -0.39 is 29.9 Å². The Kier molecular flexibility index (Phi) is 4.02. The van der Waals surface area contributed by atoms with Gasteiger partial charge in [-0.2, -0.15) is 0 Å². The second kappa shape index (κ2) is 6.01. The molecule has 24 heavy (non-hydrogen) atoms. The third kappa shape index (κ3) is 2.63. The Balaban J connectivity index is 2.06. The van der Waals surface area contributed by atoms with Crippen LogP contribution in [-0.2, 0) is 19.2 Å². The third-order valence-electron chi connectivity index (χ3n) is 3.80. The van der Waals surface area contributed by atoms with E-state index in [0.29, 0.717) is 10.6 Å². The number of thiophene rings is 1. The average Bonchev–Trinajstić information content (AvgIpc) is 3.09. The minimum absolute atomic E-state index is 0.178. The Morgan fingerprint density at radius 3 is 2.67 bits per heavy atom. The summed E-state index contributed by atoms with van der Waals surface area (Å²) in [4.78, 5) is 49.5. The lowest BCUT2D eigenvalue weighted by Crippen LogP contribution is -2.24. The summed E-state index contributed by atoms with van der Waals surface area (Å²) in [5.74, 6) is -4.56. The van der Waals surface area contributed by atoms with Crippen LogP contribution in [0.4, 0.5) is 0 Å². The summed E-state index contributed by atoms with van der Waals surface area (Å²) in [5.41, 5.74) is 1.55. The molecule has 3 heterocycles. The van der Waals surface area contributed by atoms with Gasteiger partial charge in [-0.25, -0.2) is 4.79 Å². The van der Waals surface area contributed by atoms with Crippen molar-refractivity contribution in [1.29, 1.82) is 0 Å². The van der Waals surface area contributed by atoms with Crippen molar-refractivity contribution in [1.82, 2.24) is 4.90 Å². The van der Waals surface area contributed by atoms with Crippen molar-refractivity contribution in [2.24, 2.45) is 0 Å². The Hall–Kier alpha value is -2.80. The van der Waals surface area contributed by atoms with Crippen molar-refractivity contribution >= 4 is 34.8 Å². The number of hydrogen-bond acceptors (Lipinski definition) is 5. The van der Waals surface area contributed by atoms with Crippen LogP contribution >= 0.6 is 11.3 Å². The van der Waals surface area contributed by atoms with Crippen molar-refractivity contribution < 1.29 is 24.3 Å². The number of carboxylic acids is 1. The number of hydrogen-bond donors (Lipinski definition) is 1. The number of rotatable bonds is 5. The summed E-state index contributed by atoms with van der Waals surface area (Å²) in [6.07, 6.45) is 5.79.